The Labute approximate surface area is 124 Å². The van der Waals surface area contributed by atoms with Crippen LogP contribution in [0.25, 0.3) is 0 Å². The molecule has 1 fully saturated rings. The smallest absolute Gasteiger partial charge is 0.251 e. The van der Waals surface area contributed by atoms with Gasteiger partial charge < -0.3 is 15.8 Å². The van der Waals surface area contributed by atoms with Crippen LogP contribution in [-0.4, -0.2) is 39.8 Å². The summed E-state index contributed by atoms with van der Waals surface area (Å²) in [5.41, 5.74) is 6.20. The Kier molecular flexibility index (Phi) is 4.53. The first-order valence-corrected chi connectivity index (χ1v) is 8.63. The Balaban J connectivity index is 2.15. The Bertz CT molecular complexity index is 642. The zero-order valence-corrected chi connectivity index (χ0v) is 12.9. The Morgan fingerprint density at radius 3 is 2.62 bits per heavy atom. The molecule has 0 bridgehead atoms. The van der Waals surface area contributed by atoms with Crippen molar-refractivity contribution in [3.63, 3.8) is 0 Å². The first-order chi connectivity index (χ1) is 9.79. The second kappa shape index (κ2) is 6.03. The molecule has 21 heavy (non-hydrogen) atoms. The SMILES string of the molecule is COC1CCC(NC(=O)c2cc(N)cc(S(C)(=O)=O)c2)C1. The molecular formula is C14H20N2O4S. The average Bonchev–Trinajstić information content (AvgIpc) is 2.84. The first kappa shape index (κ1) is 15.8. The van der Waals surface area contributed by atoms with Crippen molar-refractivity contribution in [2.45, 2.75) is 36.3 Å². The summed E-state index contributed by atoms with van der Waals surface area (Å²) >= 11 is 0. The molecule has 3 N–H and O–H groups in total. The molecule has 0 spiro atoms. The number of sulfone groups is 1. The fourth-order valence-electron chi connectivity index (χ4n) is 2.52. The fraction of sp³-hybridized carbons (Fsp3) is 0.500. The van der Waals surface area contributed by atoms with Crippen molar-refractivity contribution >= 4 is 21.4 Å². The number of benzene rings is 1. The summed E-state index contributed by atoms with van der Waals surface area (Å²) in [5.74, 6) is -0.311. The molecule has 0 radical (unpaired) electrons. The van der Waals surface area contributed by atoms with Crippen LogP contribution in [0.3, 0.4) is 0 Å². The number of nitrogen functional groups attached to an aromatic ring is 1. The first-order valence-electron chi connectivity index (χ1n) is 6.74. The molecule has 0 heterocycles. The van der Waals surface area contributed by atoms with Crippen molar-refractivity contribution in [2.24, 2.45) is 0 Å². The fourth-order valence-corrected chi connectivity index (χ4v) is 3.21. The summed E-state index contributed by atoms with van der Waals surface area (Å²) in [6, 6.07) is 4.23. The number of ether oxygens (including phenoxy) is 1. The highest BCUT2D eigenvalue weighted by Gasteiger charge is 2.26. The van der Waals surface area contributed by atoms with Crippen molar-refractivity contribution in [1.82, 2.24) is 5.32 Å². The van der Waals surface area contributed by atoms with Gasteiger partial charge in [-0.3, -0.25) is 4.79 Å². The van der Waals surface area contributed by atoms with Crippen LogP contribution in [0, 0.1) is 0 Å². The molecule has 0 saturated heterocycles. The summed E-state index contributed by atoms with van der Waals surface area (Å²) < 4.78 is 28.4. The normalized spacial score (nSPS) is 22.2. The van der Waals surface area contributed by atoms with Gasteiger partial charge in [0, 0.05) is 30.7 Å². The van der Waals surface area contributed by atoms with E-state index in [0.29, 0.717) is 0 Å². The molecule has 1 saturated carbocycles. The maximum Gasteiger partial charge on any atom is 0.251 e. The minimum Gasteiger partial charge on any atom is -0.399 e. The number of amides is 1. The summed E-state index contributed by atoms with van der Waals surface area (Å²) in [6.07, 6.45) is 3.79. The molecule has 1 amide bonds. The van der Waals surface area contributed by atoms with Crippen LogP contribution in [0.4, 0.5) is 5.69 Å². The van der Waals surface area contributed by atoms with Crippen molar-refractivity contribution in [3.05, 3.63) is 23.8 Å². The van der Waals surface area contributed by atoms with Gasteiger partial charge in [-0.25, -0.2) is 8.42 Å². The van der Waals surface area contributed by atoms with Crippen molar-refractivity contribution in [3.8, 4) is 0 Å². The highest BCUT2D eigenvalue weighted by molar-refractivity contribution is 7.90. The number of rotatable bonds is 4. The molecule has 116 valence electrons. The van der Waals surface area contributed by atoms with Gasteiger partial charge in [0.25, 0.3) is 5.91 Å². The molecule has 6 nitrogen and oxygen atoms in total. The predicted octanol–water partition coefficient (Wildman–Crippen LogP) is 0.970. The highest BCUT2D eigenvalue weighted by atomic mass is 32.2. The lowest BCUT2D eigenvalue weighted by Crippen LogP contribution is -2.33. The van der Waals surface area contributed by atoms with Gasteiger partial charge in [-0.1, -0.05) is 0 Å². The lowest BCUT2D eigenvalue weighted by molar-refractivity contribution is 0.0915. The third-order valence-corrected chi connectivity index (χ3v) is 4.76. The van der Waals surface area contributed by atoms with E-state index >= 15 is 0 Å². The molecule has 2 rings (SSSR count). The van der Waals surface area contributed by atoms with Gasteiger partial charge in [0.1, 0.15) is 0 Å². The van der Waals surface area contributed by atoms with Crippen LogP contribution in [0.2, 0.25) is 0 Å². The molecule has 0 aliphatic heterocycles. The standard InChI is InChI=1S/C14H20N2O4S/c1-20-12-4-3-11(8-12)16-14(17)9-5-10(15)7-13(6-9)21(2,18)19/h5-7,11-12H,3-4,8,15H2,1-2H3,(H,16,17). The number of carbonyl (C=O) groups excluding carboxylic acids is 1. The summed E-state index contributed by atoms with van der Waals surface area (Å²) in [5, 5.41) is 2.90. The van der Waals surface area contributed by atoms with Gasteiger partial charge in [0.2, 0.25) is 0 Å². The molecule has 7 heteroatoms. The molecule has 1 aromatic rings. The number of nitrogens with two attached hydrogens (primary N) is 1. The molecule has 2 atom stereocenters. The zero-order chi connectivity index (χ0) is 15.6. The second-order valence-corrected chi connectivity index (χ2v) is 7.42. The van der Waals surface area contributed by atoms with Crippen LogP contribution in [0.5, 0.6) is 0 Å². The van der Waals surface area contributed by atoms with Crippen LogP contribution < -0.4 is 11.1 Å². The molecule has 2 unspecified atom stereocenters. The van der Waals surface area contributed by atoms with Gasteiger partial charge in [0.05, 0.1) is 11.0 Å². The third-order valence-electron chi connectivity index (χ3n) is 3.67. The van der Waals surface area contributed by atoms with Crippen molar-refractivity contribution in [2.75, 3.05) is 19.1 Å². The number of anilines is 1. The number of methoxy groups -OCH3 is 1. The Hall–Kier alpha value is -1.60. The van der Waals surface area contributed by atoms with E-state index < -0.39 is 9.84 Å². The van der Waals surface area contributed by atoms with E-state index in [4.69, 9.17) is 10.5 Å². The van der Waals surface area contributed by atoms with Gasteiger partial charge >= 0.3 is 0 Å². The van der Waals surface area contributed by atoms with Crippen LogP contribution in [-0.2, 0) is 14.6 Å². The predicted molar refractivity (Wildman–Crippen MR) is 79.9 cm³/mol. The summed E-state index contributed by atoms with van der Waals surface area (Å²) in [4.78, 5) is 12.3. The summed E-state index contributed by atoms with van der Waals surface area (Å²) in [6.45, 7) is 0. The van der Waals surface area contributed by atoms with Crippen LogP contribution >= 0.6 is 0 Å². The Morgan fingerprint density at radius 1 is 1.33 bits per heavy atom. The van der Waals surface area contributed by atoms with Crippen LogP contribution in [0.15, 0.2) is 23.1 Å². The quantitative estimate of drug-likeness (QED) is 0.807. The molecule has 1 aromatic carbocycles. The lowest BCUT2D eigenvalue weighted by Gasteiger charge is -2.13. The average molecular weight is 312 g/mol. The molecule has 1 aliphatic rings. The second-order valence-electron chi connectivity index (χ2n) is 5.40. The van der Waals surface area contributed by atoms with Gasteiger partial charge in [0.15, 0.2) is 9.84 Å². The van der Waals surface area contributed by atoms with E-state index in [2.05, 4.69) is 5.32 Å². The lowest BCUT2D eigenvalue weighted by atomic mass is 10.1. The molecule has 1 aliphatic carbocycles. The van der Waals surface area contributed by atoms with Gasteiger partial charge in [-0.2, -0.15) is 0 Å². The minimum absolute atomic E-state index is 0.0468. The molecule has 0 aromatic heterocycles. The maximum atomic E-state index is 12.2. The van der Waals surface area contributed by atoms with E-state index in [1.54, 1.807) is 7.11 Å². The topological polar surface area (TPSA) is 98.5 Å². The Morgan fingerprint density at radius 2 is 2.05 bits per heavy atom. The number of hydrogen-bond acceptors (Lipinski definition) is 5. The van der Waals surface area contributed by atoms with Gasteiger partial charge in [-0.05, 0) is 37.5 Å². The number of carbonyl (C=O) groups is 1. The summed E-state index contributed by atoms with van der Waals surface area (Å²) in [7, 11) is -1.74. The third kappa shape index (κ3) is 3.95. The molecular weight excluding hydrogens is 292 g/mol. The van der Waals surface area contributed by atoms with E-state index in [0.717, 1.165) is 25.5 Å². The maximum absolute atomic E-state index is 12.2. The van der Waals surface area contributed by atoms with E-state index in [1.165, 1.54) is 18.2 Å². The monoisotopic (exact) mass is 312 g/mol. The number of hydrogen-bond donors (Lipinski definition) is 2. The van der Waals surface area contributed by atoms with Crippen molar-refractivity contribution < 1.29 is 17.9 Å². The van der Waals surface area contributed by atoms with E-state index in [1.807, 2.05) is 0 Å². The largest absolute Gasteiger partial charge is 0.399 e. The van der Waals surface area contributed by atoms with Crippen molar-refractivity contribution in [1.29, 1.82) is 0 Å². The minimum atomic E-state index is -3.40. The van der Waals surface area contributed by atoms with Gasteiger partial charge in [-0.15, -0.1) is 0 Å². The van der Waals surface area contributed by atoms with E-state index in [-0.39, 0.29) is 34.2 Å². The van der Waals surface area contributed by atoms with E-state index in [9.17, 15) is 13.2 Å². The van der Waals surface area contributed by atoms with Crippen LogP contribution in [0.1, 0.15) is 29.6 Å². The zero-order valence-electron chi connectivity index (χ0n) is 12.1. The highest BCUT2D eigenvalue weighted by Crippen LogP contribution is 2.22. The number of nitrogens with one attached hydrogen (secondary N) is 1.